The first-order valence-electron chi connectivity index (χ1n) is 6.73. The SMILES string of the molecule is O=C1CN(CCC(=O)N2CCNCC2)CCCN1. The van der Waals surface area contributed by atoms with E-state index in [2.05, 4.69) is 15.5 Å². The first-order valence-corrected chi connectivity index (χ1v) is 6.73. The molecule has 0 aromatic carbocycles. The molecule has 0 spiro atoms. The van der Waals surface area contributed by atoms with E-state index in [1.807, 2.05) is 4.90 Å². The molecular weight excluding hydrogens is 232 g/mol. The van der Waals surface area contributed by atoms with Crippen molar-refractivity contribution in [1.82, 2.24) is 20.4 Å². The topological polar surface area (TPSA) is 64.7 Å². The van der Waals surface area contributed by atoms with Crippen molar-refractivity contribution in [3.05, 3.63) is 0 Å². The first kappa shape index (κ1) is 13.3. The number of nitrogens with one attached hydrogen (secondary N) is 2. The highest BCUT2D eigenvalue weighted by molar-refractivity contribution is 5.78. The van der Waals surface area contributed by atoms with Crippen LogP contribution in [0.15, 0.2) is 0 Å². The second-order valence-electron chi connectivity index (χ2n) is 4.86. The Balaban J connectivity index is 1.72. The predicted octanol–water partition coefficient (Wildman–Crippen LogP) is -1.37. The van der Waals surface area contributed by atoms with Crippen LogP contribution >= 0.6 is 0 Å². The van der Waals surface area contributed by atoms with Gasteiger partial charge in [-0.25, -0.2) is 0 Å². The van der Waals surface area contributed by atoms with Crippen molar-refractivity contribution in [2.75, 3.05) is 52.4 Å². The van der Waals surface area contributed by atoms with Gasteiger partial charge in [0.2, 0.25) is 11.8 Å². The van der Waals surface area contributed by atoms with E-state index in [1.165, 1.54) is 0 Å². The number of hydrogen-bond donors (Lipinski definition) is 2. The maximum atomic E-state index is 12.0. The van der Waals surface area contributed by atoms with Crippen LogP contribution in [0.1, 0.15) is 12.8 Å². The van der Waals surface area contributed by atoms with Crippen molar-refractivity contribution in [2.45, 2.75) is 12.8 Å². The fourth-order valence-electron chi connectivity index (χ4n) is 2.39. The molecule has 2 aliphatic rings. The van der Waals surface area contributed by atoms with Gasteiger partial charge < -0.3 is 15.5 Å². The lowest BCUT2D eigenvalue weighted by atomic mass is 10.3. The minimum absolute atomic E-state index is 0.0714. The fourth-order valence-corrected chi connectivity index (χ4v) is 2.39. The molecule has 0 unspecified atom stereocenters. The first-order chi connectivity index (χ1) is 8.75. The monoisotopic (exact) mass is 254 g/mol. The lowest BCUT2D eigenvalue weighted by Crippen LogP contribution is -2.47. The summed E-state index contributed by atoms with van der Waals surface area (Å²) in [6, 6.07) is 0. The Kier molecular flexibility index (Phi) is 4.95. The smallest absolute Gasteiger partial charge is 0.234 e. The predicted molar refractivity (Wildman–Crippen MR) is 68.1 cm³/mol. The average Bonchev–Trinajstić information content (AvgIpc) is 2.61. The molecule has 2 heterocycles. The highest BCUT2D eigenvalue weighted by atomic mass is 16.2. The largest absolute Gasteiger partial charge is 0.355 e. The Hall–Kier alpha value is -1.14. The van der Waals surface area contributed by atoms with Gasteiger partial charge in [-0.1, -0.05) is 0 Å². The molecule has 0 aromatic rings. The standard InChI is InChI=1S/C12H22N4O2/c17-11-10-15(6-1-3-14-11)7-2-12(18)16-8-4-13-5-9-16/h13H,1-10H2,(H,14,17). The van der Waals surface area contributed by atoms with Gasteiger partial charge in [-0.15, -0.1) is 0 Å². The van der Waals surface area contributed by atoms with E-state index in [4.69, 9.17) is 0 Å². The molecule has 2 saturated heterocycles. The second-order valence-corrected chi connectivity index (χ2v) is 4.86. The van der Waals surface area contributed by atoms with Gasteiger partial charge in [-0.2, -0.15) is 0 Å². The van der Waals surface area contributed by atoms with Crippen LogP contribution in [0.5, 0.6) is 0 Å². The van der Waals surface area contributed by atoms with Crippen molar-refractivity contribution in [3.8, 4) is 0 Å². The van der Waals surface area contributed by atoms with Gasteiger partial charge in [-0.3, -0.25) is 14.5 Å². The molecule has 2 aliphatic heterocycles. The third-order valence-corrected chi connectivity index (χ3v) is 3.45. The number of rotatable bonds is 3. The molecule has 18 heavy (non-hydrogen) atoms. The molecule has 6 heteroatoms. The Labute approximate surface area is 108 Å². The van der Waals surface area contributed by atoms with E-state index < -0.39 is 0 Å². The fraction of sp³-hybridized carbons (Fsp3) is 0.833. The summed E-state index contributed by atoms with van der Waals surface area (Å²) < 4.78 is 0. The lowest BCUT2D eigenvalue weighted by Gasteiger charge is -2.28. The van der Waals surface area contributed by atoms with E-state index in [0.717, 1.165) is 45.7 Å². The summed E-state index contributed by atoms with van der Waals surface area (Å²) in [5.74, 6) is 0.281. The Morgan fingerprint density at radius 1 is 1.17 bits per heavy atom. The molecule has 0 bridgehead atoms. The third kappa shape index (κ3) is 3.96. The number of carbonyl (C=O) groups is 2. The number of nitrogens with zero attached hydrogens (tertiary/aromatic N) is 2. The summed E-state index contributed by atoms with van der Waals surface area (Å²) in [5.41, 5.74) is 0. The van der Waals surface area contributed by atoms with Gasteiger partial charge >= 0.3 is 0 Å². The highest BCUT2D eigenvalue weighted by Crippen LogP contribution is 2.02. The molecule has 2 N–H and O–H groups in total. The quantitative estimate of drug-likeness (QED) is 0.652. The molecule has 0 aliphatic carbocycles. The zero-order valence-electron chi connectivity index (χ0n) is 10.8. The molecule has 0 saturated carbocycles. The van der Waals surface area contributed by atoms with Crippen molar-refractivity contribution in [2.24, 2.45) is 0 Å². The number of carbonyl (C=O) groups excluding carboxylic acids is 2. The zero-order chi connectivity index (χ0) is 12.8. The van der Waals surface area contributed by atoms with E-state index >= 15 is 0 Å². The minimum Gasteiger partial charge on any atom is -0.355 e. The summed E-state index contributed by atoms with van der Waals surface area (Å²) in [5, 5.41) is 6.07. The highest BCUT2D eigenvalue weighted by Gasteiger charge is 2.19. The van der Waals surface area contributed by atoms with Crippen molar-refractivity contribution < 1.29 is 9.59 Å². The molecule has 2 amide bonds. The van der Waals surface area contributed by atoms with Crippen LogP contribution in [-0.4, -0.2) is 74.0 Å². The maximum Gasteiger partial charge on any atom is 0.234 e. The molecule has 0 radical (unpaired) electrons. The van der Waals surface area contributed by atoms with Crippen LogP contribution in [0.25, 0.3) is 0 Å². The van der Waals surface area contributed by atoms with Crippen molar-refractivity contribution in [3.63, 3.8) is 0 Å². The molecule has 0 atom stereocenters. The Bertz CT molecular complexity index is 302. The number of amides is 2. The Morgan fingerprint density at radius 2 is 1.94 bits per heavy atom. The van der Waals surface area contributed by atoms with Gasteiger partial charge in [0.05, 0.1) is 6.54 Å². The van der Waals surface area contributed by atoms with Crippen molar-refractivity contribution >= 4 is 11.8 Å². The molecule has 2 fully saturated rings. The van der Waals surface area contributed by atoms with Crippen LogP contribution in [-0.2, 0) is 9.59 Å². The van der Waals surface area contributed by atoms with Gasteiger partial charge in [0.15, 0.2) is 0 Å². The van der Waals surface area contributed by atoms with Gasteiger partial charge in [-0.05, 0) is 6.42 Å². The van der Waals surface area contributed by atoms with E-state index in [0.29, 0.717) is 19.5 Å². The summed E-state index contributed by atoms with van der Waals surface area (Å²) >= 11 is 0. The summed E-state index contributed by atoms with van der Waals surface area (Å²) in [4.78, 5) is 27.3. The van der Waals surface area contributed by atoms with Gasteiger partial charge in [0.1, 0.15) is 0 Å². The van der Waals surface area contributed by atoms with Crippen LogP contribution in [0, 0.1) is 0 Å². The molecule has 0 aromatic heterocycles. The van der Waals surface area contributed by atoms with Crippen LogP contribution < -0.4 is 10.6 Å². The molecule has 102 valence electrons. The number of hydrogen-bond acceptors (Lipinski definition) is 4. The molecule has 2 rings (SSSR count). The molecular formula is C12H22N4O2. The van der Waals surface area contributed by atoms with E-state index in [1.54, 1.807) is 0 Å². The van der Waals surface area contributed by atoms with Crippen LogP contribution in [0.3, 0.4) is 0 Å². The molecule has 6 nitrogen and oxygen atoms in total. The van der Waals surface area contributed by atoms with E-state index in [-0.39, 0.29) is 11.8 Å². The maximum absolute atomic E-state index is 12.0. The number of piperazine rings is 1. The third-order valence-electron chi connectivity index (χ3n) is 3.45. The summed E-state index contributed by atoms with van der Waals surface area (Å²) in [6.45, 7) is 6.15. The lowest BCUT2D eigenvalue weighted by molar-refractivity contribution is -0.132. The van der Waals surface area contributed by atoms with Crippen LogP contribution in [0.4, 0.5) is 0 Å². The second kappa shape index (κ2) is 6.70. The minimum atomic E-state index is 0.0714. The zero-order valence-corrected chi connectivity index (χ0v) is 10.8. The summed E-state index contributed by atoms with van der Waals surface area (Å²) in [6.07, 6.45) is 1.49. The normalized spacial score (nSPS) is 22.4. The summed E-state index contributed by atoms with van der Waals surface area (Å²) in [7, 11) is 0. The van der Waals surface area contributed by atoms with Crippen LogP contribution in [0.2, 0.25) is 0 Å². The average molecular weight is 254 g/mol. The Morgan fingerprint density at radius 3 is 2.72 bits per heavy atom. The van der Waals surface area contributed by atoms with Crippen molar-refractivity contribution in [1.29, 1.82) is 0 Å². The van der Waals surface area contributed by atoms with Gasteiger partial charge in [0, 0.05) is 52.2 Å². The van der Waals surface area contributed by atoms with Gasteiger partial charge in [0.25, 0.3) is 0 Å². The van der Waals surface area contributed by atoms with E-state index in [9.17, 15) is 9.59 Å².